The van der Waals surface area contributed by atoms with Gasteiger partial charge in [0.1, 0.15) is 0 Å². The third-order valence-corrected chi connectivity index (χ3v) is 5.30. The van der Waals surface area contributed by atoms with Crippen LogP contribution in [0.15, 0.2) is 22.8 Å². The van der Waals surface area contributed by atoms with Crippen LogP contribution in [0.25, 0.3) is 0 Å². The summed E-state index contributed by atoms with van der Waals surface area (Å²) in [4.78, 5) is 0. The lowest BCUT2D eigenvalue weighted by Crippen LogP contribution is -2.20. The van der Waals surface area contributed by atoms with Crippen LogP contribution in [0.3, 0.4) is 0 Å². The average Bonchev–Trinajstić information content (AvgIpc) is 2.37. The van der Waals surface area contributed by atoms with Crippen molar-refractivity contribution in [3.8, 4) is 0 Å². The monoisotopic (exact) mass is 276 g/mol. The van der Waals surface area contributed by atoms with Crippen molar-refractivity contribution >= 4 is 0 Å². The largest absolute Gasteiger partial charge is 0.0856 e. The van der Waals surface area contributed by atoms with Gasteiger partial charge in [0, 0.05) is 0 Å². The molecule has 0 aromatic rings. The molecule has 0 fully saturated rings. The molecule has 1 aliphatic rings. The second-order valence-corrected chi connectivity index (χ2v) is 7.64. The SMILES string of the molecule is CCC(C)CC/C=C(\C)CCC1=C(C)CCCC1(C)C. The first-order chi connectivity index (χ1) is 9.36. The van der Waals surface area contributed by atoms with E-state index >= 15 is 0 Å². The summed E-state index contributed by atoms with van der Waals surface area (Å²) >= 11 is 0. The highest BCUT2D eigenvalue weighted by atomic mass is 14.3. The topological polar surface area (TPSA) is 0 Å². The van der Waals surface area contributed by atoms with E-state index in [2.05, 4.69) is 47.6 Å². The first kappa shape index (κ1) is 17.5. The number of rotatable bonds is 7. The second-order valence-electron chi connectivity index (χ2n) is 7.64. The van der Waals surface area contributed by atoms with Crippen molar-refractivity contribution in [2.75, 3.05) is 0 Å². The zero-order valence-electron chi connectivity index (χ0n) is 14.8. The van der Waals surface area contributed by atoms with Gasteiger partial charge < -0.3 is 0 Å². The zero-order chi connectivity index (χ0) is 15.2. The molecule has 0 saturated carbocycles. The molecule has 0 saturated heterocycles. The van der Waals surface area contributed by atoms with Crippen molar-refractivity contribution in [3.05, 3.63) is 22.8 Å². The van der Waals surface area contributed by atoms with E-state index in [4.69, 9.17) is 0 Å². The molecule has 0 spiro atoms. The number of allylic oxidation sites excluding steroid dienone is 4. The molecule has 0 heterocycles. The van der Waals surface area contributed by atoms with Gasteiger partial charge in [-0.25, -0.2) is 0 Å². The summed E-state index contributed by atoms with van der Waals surface area (Å²) in [6.45, 7) is 14.2. The van der Waals surface area contributed by atoms with E-state index in [1.807, 2.05) is 0 Å². The third-order valence-electron chi connectivity index (χ3n) is 5.30. The quantitative estimate of drug-likeness (QED) is 0.436. The Hall–Kier alpha value is -0.520. The van der Waals surface area contributed by atoms with Gasteiger partial charge in [0.25, 0.3) is 0 Å². The summed E-state index contributed by atoms with van der Waals surface area (Å²) in [5, 5.41) is 0. The summed E-state index contributed by atoms with van der Waals surface area (Å²) < 4.78 is 0. The zero-order valence-corrected chi connectivity index (χ0v) is 14.8. The lowest BCUT2D eigenvalue weighted by atomic mass is 9.71. The minimum atomic E-state index is 0.444. The molecule has 1 aliphatic carbocycles. The van der Waals surface area contributed by atoms with Crippen LogP contribution in [-0.2, 0) is 0 Å². The molecule has 1 rings (SSSR count). The van der Waals surface area contributed by atoms with E-state index in [1.165, 1.54) is 51.4 Å². The predicted octanol–water partition coefficient (Wildman–Crippen LogP) is 7.07. The molecule has 0 aliphatic heterocycles. The lowest BCUT2D eigenvalue weighted by Gasteiger charge is -2.35. The van der Waals surface area contributed by atoms with Gasteiger partial charge in [0.15, 0.2) is 0 Å². The van der Waals surface area contributed by atoms with Crippen LogP contribution in [-0.4, -0.2) is 0 Å². The van der Waals surface area contributed by atoms with Crippen molar-refractivity contribution < 1.29 is 0 Å². The van der Waals surface area contributed by atoms with E-state index in [1.54, 1.807) is 16.7 Å². The summed E-state index contributed by atoms with van der Waals surface area (Å²) in [5.41, 5.74) is 5.46. The van der Waals surface area contributed by atoms with E-state index in [0.717, 1.165) is 5.92 Å². The Labute approximate surface area is 127 Å². The molecule has 0 aromatic carbocycles. The molecule has 1 atom stereocenters. The molecular formula is C20H36. The Morgan fingerprint density at radius 1 is 1.35 bits per heavy atom. The summed E-state index contributed by atoms with van der Waals surface area (Å²) in [7, 11) is 0. The molecule has 0 amide bonds. The van der Waals surface area contributed by atoms with Crippen LogP contribution < -0.4 is 0 Å². The normalized spacial score (nSPS) is 21.2. The molecule has 0 N–H and O–H groups in total. The molecule has 0 aromatic heterocycles. The minimum absolute atomic E-state index is 0.444. The predicted molar refractivity (Wildman–Crippen MR) is 92.0 cm³/mol. The van der Waals surface area contributed by atoms with E-state index in [9.17, 15) is 0 Å². The maximum absolute atomic E-state index is 2.48. The average molecular weight is 277 g/mol. The fraction of sp³-hybridized carbons (Fsp3) is 0.800. The molecular weight excluding hydrogens is 240 g/mol. The van der Waals surface area contributed by atoms with Gasteiger partial charge in [0.05, 0.1) is 0 Å². The van der Waals surface area contributed by atoms with Gasteiger partial charge >= 0.3 is 0 Å². The van der Waals surface area contributed by atoms with Crippen molar-refractivity contribution in [1.82, 2.24) is 0 Å². The van der Waals surface area contributed by atoms with Crippen molar-refractivity contribution in [3.63, 3.8) is 0 Å². The van der Waals surface area contributed by atoms with Gasteiger partial charge in [-0.15, -0.1) is 0 Å². The molecule has 20 heavy (non-hydrogen) atoms. The minimum Gasteiger partial charge on any atom is -0.0856 e. The number of hydrogen-bond acceptors (Lipinski definition) is 0. The maximum Gasteiger partial charge on any atom is -0.0142 e. The van der Waals surface area contributed by atoms with Crippen LogP contribution in [0.4, 0.5) is 0 Å². The summed E-state index contributed by atoms with van der Waals surface area (Å²) in [6, 6.07) is 0. The van der Waals surface area contributed by atoms with E-state index in [0.29, 0.717) is 5.41 Å². The van der Waals surface area contributed by atoms with Crippen LogP contribution in [0, 0.1) is 11.3 Å². The standard InChI is InChI=1S/C20H36/c1-7-16(2)10-8-11-17(3)13-14-19-18(4)12-9-15-20(19,5)6/h11,16H,7-10,12-15H2,1-6H3/b17-11+. The van der Waals surface area contributed by atoms with Crippen LogP contribution >= 0.6 is 0 Å². The lowest BCUT2D eigenvalue weighted by molar-refractivity contribution is 0.354. The van der Waals surface area contributed by atoms with E-state index in [-0.39, 0.29) is 0 Å². The Bertz CT molecular complexity index is 354. The Morgan fingerprint density at radius 2 is 2.05 bits per heavy atom. The first-order valence-corrected chi connectivity index (χ1v) is 8.71. The Kier molecular flexibility index (Phi) is 7.06. The van der Waals surface area contributed by atoms with Crippen molar-refractivity contribution in [2.45, 2.75) is 92.9 Å². The van der Waals surface area contributed by atoms with Gasteiger partial charge in [-0.05, 0) is 70.1 Å². The smallest absolute Gasteiger partial charge is 0.0142 e. The second kappa shape index (κ2) is 8.05. The summed E-state index contributed by atoms with van der Waals surface area (Å²) in [6.07, 6.45) is 13.0. The highest BCUT2D eigenvalue weighted by molar-refractivity contribution is 5.23. The van der Waals surface area contributed by atoms with Crippen LogP contribution in [0.5, 0.6) is 0 Å². The molecule has 116 valence electrons. The first-order valence-electron chi connectivity index (χ1n) is 8.71. The number of hydrogen-bond donors (Lipinski definition) is 0. The Balaban J connectivity index is 2.47. The highest BCUT2D eigenvalue weighted by Gasteiger charge is 2.27. The molecule has 0 bridgehead atoms. The van der Waals surface area contributed by atoms with Crippen molar-refractivity contribution in [2.24, 2.45) is 11.3 Å². The Morgan fingerprint density at radius 3 is 2.65 bits per heavy atom. The van der Waals surface area contributed by atoms with Gasteiger partial charge in [-0.1, -0.05) is 56.9 Å². The van der Waals surface area contributed by atoms with Gasteiger partial charge in [-0.2, -0.15) is 0 Å². The maximum atomic E-state index is 2.48. The highest BCUT2D eigenvalue weighted by Crippen LogP contribution is 2.42. The molecule has 1 unspecified atom stereocenters. The fourth-order valence-electron chi connectivity index (χ4n) is 3.47. The van der Waals surface area contributed by atoms with E-state index < -0.39 is 0 Å². The fourth-order valence-corrected chi connectivity index (χ4v) is 3.47. The van der Waals surface area contributed by atoms with Crippen molar-refractivity contribution in [1.29, 1.82) is 0 Å². The molecule has 0 heteroatoms. The van der Waals surface area contributed by atoms with Gasteiger partial charge in [0.2, 0.25) is 0 Å². The third kappa shape index (κ3) is 5.46. The summed E-state index contributed by atoms with van der Waals surface area (Å²) in [5.74, 6) is 0.876. The van der Waals surface area contributed by atoms with Crippen LogP contribution in [0.2, 0.25) is 0 Å². The van der Waals surface area contributed by atoms with Crippen LogP contribution in [0.1, 0.15) is 92.9 Å². The molecule has 0 radical (unpaired) electrons. The molecule has 0 nitrogen and oxygen atoms in total. The van der Waals surface area contributed by atoms with Gasteiger partial charge in [-0.3, -0.25) is 0 Å².